The van der Waals surface area contributed by atoms with Gasteiger partial charge in [0.25, 0.3) is 0 Å². The number of rotatable bonds is 5. The predicted molar refractivity (Wildman–Crippen MR) is 166 cm³/mol. The highest BCUT2D eigenvalue weighted by atomic mass is 79.9. The van der Waals surface area contributed by atoms with Gasteiger partial charge in [-0.2, -0.15) is 0 Å². The summed E-state index contributed by atoms with van der Waals surface area (Å²) in [6.07, 6.45) is 0. The van der Waals surface area contributed by atoms with Gasteiger partial charge in [0, 0.05) is 0 Å². The van der Waals surface area contributed by atoms with Crippen LogP contribution in [0.2, 0.25) is 0 Å². The SMILES string of the molecule is Cc1ccc(C2=C(c3ccccc3)C(Br)(c3ccccc3)C(c3ccccc3)=C2c2ccc(C)cc2)cc1. The molecule has 0 spiro atoms. The second kappa shape index (κ2) is 10.1. The normalized spacial score (nSPS) is 14.7. The van der Waals surface area contributed by atoms with E-state index in [1.54, 1.807) is 0 Å². The Morgan fingerprint density at radius 2 is 0.737 bits per heavy atom. The summed E-state index contributed by atoms with van der Waals surface area (Å²) in [6, 6.07) is 50.5. The van der Waals surface area contributed by atoms with Crippen LogP contribution in [0.4, 0.5) is 0 Å². The molecule has 1 heteroatoms. The molecule has 184 valence electrons. The predicted octanol–water partition coefficient (Wildman–Crippen LogP) is 10.1. The molecule has 0 heterocycles. The zero-order valence-corrected chi connectivity index (χ0v) is 23.2. The number of hydrogen-bond acceptors (Lipinski definition) is 0. The summed E-state index contributed by atoms with van der Waals surface area (Å²) in [4.78, 5) is 0. The van der Waals surface area contributed by atoms with E-state index >= 15 is 0 Å². The number of alkyl halides is 1. The fraction of sp³-hybridized carbons (Fsp3) is 0.0811. The lowest BCUT2D eigenvalue weighted by Gasteiger charge is -2.32. The van der Waals surface area contributed by atoms with Gasteiger partial charge in [-0.3, -0.25) is 0 Å². The summed E-state index contributed by atoms with van der Waals surface area (Å²) in [5, 5.41) is 0. The van der Waals surface area contributed by atoms with E-state index in [2.05, 4.69) is 169 Å². The average molecular weight is 554 g/mol. The Kier molecular flexibility index (Phi) is 6.47. The Hall–Kier alpha value is -3.94. The molecule has 0 unspecified atom stereocenters. The minimum absolute atomic E-state index is 0.558. The molecule has 0 saturated heterocycles. The third kappa shape index (κ3) is 4.18. The molecular weight excluding hydrogens is 524 g/mol. The molecule has 0 radical (unpaired) electrons. The fourth-order valence-corrected chi connectivity index (χ4v) is 6.71. The summed E-state index contributed by atoms with van der Waals surface area (Å²) < 4.78 is -0.558. The Morgan fingerprint density at radius 3 is 1.11 bits per heavy atom. The van der Waals surface area contributed by atoms with Crippen LogP contribution in [0.25, 0.3) is 22.3 Å². The highest BCUT2D eigenvalue weighted by Gasteiger charge is 2.48. The molecule has 1 aliphatic carbocycles. The van der Waals surface area contributed by atoms with Gasteiger partial charge in [-0.05, 0) is 64.0 Å². The van der Waals surface area contributed by atoms with Crippen LogP contribution in [0, 0.1) is 13.8 Å². The van der Waals surface area contributed by atoms with Crippen molar-refractivity contribution in [1.29, 1.82) is 0 Å². The Bertz CT molecular complexity index is 1520. The molecular formula is C37H29Br. The van der Waals surface area contributed by atoms with Gasteiger partial charge in [0.15, 0.2) is 0 Å². The molecule has 0 aromatic heterocycles. The monoisotopic (exact) mass is 552 g/mol. The summed E-state index contributed by atoms with van der Waals surface area (Å²) in [6.45, 7) is 4.30. The van der Waals surface area contributed by atoms with Crippen LogP contribution in [-0.4, -0.2) is 0 Å². The fourth-order valence-electron chi connectivity index (χ4n) is 5.59. The maximum atomic E-state index is 4.45. The van der Waals surface area contributed by atoms with Crippen LogP contribution < -0.4 is 0 Å². The maximum Gasteiger partial charge on any atom is 0.103 e. The molecule has 0 bridgehead atoms. The molecule has 6 rings (SSSR count). The van der Waals surface area contributed by atoms with Crippen molar-refractivity contribution in [2.75, 3.05) is 0 Å². The van der Waals surface area contributed by atoms with Gasteiger partial charge in [0.2, 0.25) is 0 Å². The van der Waals surface area contributed by atoms with Gasteiger partial charge in [0.1, 0.15) is 4.32 Å². The summed E-state index contributed by atoms with van der Waals surface area (Å²) in [5.41, 5.74) is 13.6. The van der Waals surface area contributed by atoms with E-state index in [9.17, 15) is 0 Å². The van der Waals surface area contributed by atoms with E-state index < -0.39 is 4.32 Å². The summed E-state index contributed by atoms with van der Waals surface area (Å²) in [5.74, 6) is 0. The molecule has 5 aromatic rings. The quantitative estimate of drug-likeness (QED) is 0.190. The summed E-state index contributed by atoms with van der Waals surface area (Å²) >= 11 is 4.45. The number of halogens is 1. The van der Waals surface area contributed by atoms with Crippen LogP contribution in [0.15, 0.2) is 140 Å². The van der Waals surface area contributed by atoms with E-state index in [-0.39, 0.29) is 0 Å². The first-order valence-corrected chi connectivity index (χ1v) is 13.9. The zero-order chi connectivity index (χ0) is 26.1. The van der Waals surface area contributed by atoms with Crippen molar-refractivity contribution in [3.05, 3.63) is 178 Å². The van der Waals surface area contributed by atoms with Crippen molar-refractivity contribution in [2.45, 2.75) is 18.2 Å². The Balaban J connectivity index is 1.82. The van der Waals surface area contributed by atoms with Crippen LogP contribution >= 0.6 is 15.9 Å². The third-order valence-electron chi connectivity index (χ3n) is 7.42. The van der Waals surface area contributed by atoms with Crippen molar-refractivity contribution in [2.24, 2.45) is 0 Å². The van der Waals surface area contributed by atoms with Crippen molar-refractivity contribution in [1.82, 2.24) is 0 Å². The van der Waals surface area contributed by atoms with Crippen molar-refractivity contribution in [3.8, 4) is 0 Å². The van der Waals surface area contributed by atoms with Gasteiger partial charge in [-0.1, -0.05) is 167 Å². The van der Waals surface area contributed by atoms with Gasteiger partial charge in [0.05, 0.1) is 0 Å². The first-order chi connectivity index (χ1) is 18.6. The summed E-state index contributed by atoms with van der Waals surface area (Å²) in [7, 11) is 0. The number of aryl methyl sites for hydroxylation is 2. The Labute approximate surface area is 234 Å². The number of benzene rings is 5. The van der Waals surface area contributed by atoms with Crippen LogP contribution in [0.5, 0.6) is 0 Å². The van der Waals surface area contributed by atoms with E-state index in [1.807, 2.05) is 0 Å². The van der Waals surface area contributed by atoms with Gasteiger partial charge in [-0.25, -0.2) is 0 Å². The highest BCUT2D eigenvalue weighted by molar-refractivity contribution is 9.10. The number of hydrogen-bond donors (Lipinski definition) is 0. The van der Waals surface area contributed by atoms with Crippen molar-refractivity contribution >= 4 is 38.2 Å². The van der Waals surface area contributed by atoms with E-state index in [4.69, 9.17) is 0 Å². The maximum absolute atomic E-state index is 4.45. The van der Waals surface area contributed by atoms with Gasteiger partial charge in [-0.15, -0.1) is 0 Å². The lowest BCUT2D eigenvalue weighted by molar-refractivity contribution is 1.08. The molecule has 0 aliphatic heterocycles. The minimum atomic E-state index is -0.558. The number of allylic oxidation sites excluding steroid dienone is 4. The van der Waals surface area contributed by atoms with Crippen molar-refractivity contribution in [3.63, 3.8) is 0 Å². The average Bonchev–Trinajstić information content (AvgIpc) is 3.25. The molecule has 0 amide bonds. The topological polar surface area (TPSA) is 0 Å². The standard InChI is InChI=1S/C37H29Br/c1-26-18-22-28(23-19-26)33-34(29-24-20-27(2)21-25-29)36(31-14-8-4-9-15-31)37(38,32-16-10-5-11-17-32)35(33)30-12-6-3-7-13-30/h3-25H,1-2H3. The van der Waals surface area contributed by atoms with E-state index in [0.717, 1.165) is 0 Å². The van der Waals surface area contributed by atoms with Gasteiger partial charge >= 0.3 is 0 Å². The second-order valence-electron chi connectivity index (χ2n) is 9.99. The molecule has 38 heavy (non-hydrogen) atoms. The molecule has 0 N–H and O–H groups in total. The molecule has 0 saturated carbocycles. The third-order valence-corrected chi connectivity index (χ3v) is 8.67. The molecule has 0 atom stereocenters. The van der Waals surface area contributed by atoms with Gasteiger partial charge < -0.3 is 0 Å². The highest BCUT2D eigenvalue weighted by Crippen LogP contribution is 2.64. The Morgan fingerprint density at radius 1 is 0.395 bits per heavy atom. The minimum Gasteiger partial charge on any atom is -0.0695 e. The van der Waals surface area contributed by atoms with E-state index in [0.29, 0.717) is 0 Å². The molecule has 5 aromatic carbocycles. The zero-order valence-electron chi connectivity index (χ0n) is 21.7. The van der Waals surface area contributed by atoms with Crippen LogP contribution in [-0.2, 0) is 4.32 Å². The first-order valence-electron chi connectivity index (χ1n) is 13.1. The first kappa shape index (κ1) is 24.4. The lowest BCUT2D eigenvalue weighted by Crippen LogP contribution is -2.20. The van der Waals surface area contributed by atoms with Crippen LogP contribution in [0.1, 0.15) is 38.9 Å². The van der Waals surface area contributed by atoms with Crippen molar-refractivity contribution < 1.29 is 0 Å². The largest absolute Gasteiger partial charge is 0.103 e. The van der Waals surface area contributed by atoms with Crippen LogP contribution in [0.3, 0.4) is 0 Å². The smallest absolute Gasteiger partial charge is 0.0695 e. The molecule has 0 fully saturated rings. The lowest BCUT2D eigenvalue weighted by atomic mass is 9.81. The molecule has 1 aliphatic rings. The molecule has 0 nitrogen and oxygen atoms in total. The second-order valence-corrected chi connectivity index (χ2v) is 11.2. The van der Waals surface area contributed by atoms with E-state index in [1.165, 1.54) is 61.2 Å².